The quantitative estimate of drug-likeness (QED) is 0.508. The second-order valence-electron chi connectivity index (χ2n) is 2.45. The topological polar surface area (TPSA) is 33.2 Å². The van der Waals surface area contributed by atoms with Crippen molar-refractivity contribution < 1.29 is 4.79 Å². The molecule has 0 radical (unpaired) electrons. The summed E-state index contributed by atoms with van der Waals surface area (Å²) in [5.74, 6) is 0.998. The number of pyridine rings is 1. The lowest BCUT2D eigenvalue weighted by atomic mass is 10.4. The van der Waals surface area contributed by atoms with Gasteiger partial charge in [-0.25, -0.2) is 4.98 Å². The van der Waals surface area contributed by atoms with Crippen LogP contribution in [0.3, 0.4) is 0 Å². The third-order valence-electron chi connectivity index (χ3n) is 1.20. The molecule has 0 fully saturated rings. The van der Waals surface area contributed by atoms with Gasteiger partial charge in [-0.05, 0) is 18.2 Å². The molecule has 0 spiro atoms. The molecule has 0 N–H and O–H groups in total. The van der Waals surface area contributed by atoms with E-state index in [1.807, 2.05) is 37.2 Å². The minimum Gasteiger partial charge on any atom is -0.363 e. The molecule has 1 aromatic heterocycles. The summed E-state index contributed by atoms with van der Waals surface area (Å²) in [7, 11) is 3.95. The molecule has 3 nitrogen and oxygen atoms in total. The van der Waals surface area contributed by atoms with Gasteiger partial charge in [-0.1, -0.05) is 12.6 Å². The van der Waals surface area contributed by atoms with Crippen LogP contribution >= 0.6 is 0 Å². The maximum Gasteiger partial charge on any atom is 0.142 e. The van der Waals surface area contributed by atoms with Crippen molar-refractivity contribution in [2.75, 3.05) is 19.0 Å². The lowest BCUT2D eigenvalue weighted by Gasteiger charge is -2.08. The van der Waals surface area contributed by atoms with Crippen molar-refractivity contribution in [3.8, 4) is 0 Å². The van der Waals surface area contributed by atoms with E-state index >= 15 is 0 Å². The van der Waals surface area contributed by atoms with Gasteiger partial charge in [-0.15, -0.1) is 0 Å². The molecule has 0 saturated carbocycles. The summed E-state index contributed by atoms with van der Waals surface area (Å²) in [5.41, 5.74) is 0. The van der Waals surface area contributed by atoms with Gasteiger partial charge in [0.1, 0.15) is 12.1 Å². The Labute approximate surface area is 78.7 Å². The van der Waals surface area contributed by atoms with E-state index in [-0.39, 0.29) is 0 Å². The van der Waals surface area contributed by atoms with Crippen LogP contribution in [0, 0.1) is 0 Å². The zero-order valence-corrected chi connectivity index (χ0v) is 7.97. The first-order chi connectivity index (χ1) is 6.22. The van der Waals surface area contributed by atoms with E-state index < -0.39 is 0 Å². The van der Waals surface area contributed by atoms with Gasteiger partial charge < -0.3 is 4.90 Å². The molecule has 0 saturated heterocycles. The fourth-order valence-electron chi connectivity index (χ4n) is 0.618. The zero-order chi connectivity index (χ0) is 10.1. The van der Waals surface area contributed by atoms with Crippen molar-refractivity contribution in [2.45, 2.75) is 0 Å². The van der Waals surface area contributed by atoms with Crippen LogP contribution in [0.5, 0.6) is 0 Å². The van der Waals surface area contributed by atoms with E-state index in [9.17, 15) is 0 Å². The van der Waals surface area contributed by atoms with Crippen molar-refractivity contribution in [3.05, 3.63) is 37.1 Å². The highest BCUT2D eigenvalue weighted by Gasteiger charge is 1.89. The zero-order valence-electron chi connectivity index (χ0n) is 7.97. The Kier molecular flexibility index (Phi) is 6.15. The van der Waals surface area contributed by atoms with Gasteiger partial charge in [0.15, 0.2) is 0 Å². The first-order valence-corrected chi connectivity index (χ1v) is 3.87. The normalized spacial score (nSPS) is 7.85. The SMILES string of the molecule is C=CC=O.CN(C)c1ccccn1. The molecule has 1 heterocycles. The summed E-state index contributed by atoms with van der Waals surface area (Å²) in [5, 5.41) is 0. The smallest absolute Gasteiger partial charge is 0.142 e. The lowest BCUT2D eigenvalue weighted by molar-refractivity contribution is -0.104. The number of carbonyl (C=O) groups is 1. The highest BCUT2D eigenvalue weighted by Crippen LogP contribution is 2.02. The van der Waals surface area contributed by atoms with Gasteiger partial charge in [0, 0.05) is 20.3 Å². The highest BCUT2D eigenvalue weighted by molar-refractivity contribution is 5.63. The van der Waals surface area contributed by atoms with E-state index in [2.05, 4.69) is 11.6 Å². The second-order valence-corrected chi connectivity index (χ2v) is 2.45. The predicted octanol–water partition coefficient (Wildman–Crippen LogP) is 1.52. The standard InChI is InChI=1S/C7H10N2.C3H4O/c1-9(2)7-5-3-4-6-8-7;1-2-3-4/h3-6H,1-2H3;2-3H,1H2. The minimum atomic E-state index is 0.639. The molecule has 13 heavy (non-hydrogen) atoms. The van der Waals surface area contributed by atoms with Crippen LogP contribution in [0.1, 0.15) is 0 Å². The van der Waals surface area contributed by atoms with Gasteiger partial charge in [0.2, 0.25) is 0 Å². The van der Waals surface area contributed by atoms with Gasteiger partial charge in [0.25, 0.3) is 0 Å². The number of aromatic nitrogens is 1. The van der Waals surface area contributed by atoms with Gasteiger partial charge in [-0.2, -0.15) is 0 Å². The molecule has 0 aliphatic heterocycles. The van der Waals surface area contributed by atoms with Crippen molar-refractivity contribution in [1.82, 2.24) is 4.98 Å². The largest absolute Gasteiger partial charge is 0.363 e. The average Bonchev–Trinajstić information content (AvgIpc) is 2.19. The molecule has 0 atom stereocenters. The molecule has 0 bridgehead atoms. The summed E-state index contributed by atoms with van der Waals surface area (Å²) in [6.07, 6.45) is 3.62. The Hall–Kier alpha value is -1.64. The number of rotatable bonds is 2. The third-order valence-corrected chi connectivity index (χ3v) is 1.20. The fraction of sp³-hybridized carbons (Fsp3) is 0.200. The highest BCUT2D eigenvalue weighted by atomic mass is 16.1. The van der Waals surface area contributed by atoms with Crippen molar-refractivity contribution >= 4 is 12.1 Å². The number of carbonyl (C=O) groups excluding carboxylic acids is 1. The number of allylic oxidation sites excluding steroid dienone is 1. The number of aldehydes is 1. The first-order valence-electron chi connectivity index (χ1n) is 3.87. The maximum absolute atomic E-state index is 9.06. The number of anilines is 1. The molecule has 70 valence electrons. The molecule has 0 aromatic carbocycles. The Morgan fingerprint density at radius 1 is 1.46 bits per heavy atom. The minimum absolute atomic E-state index is 0.639. The first kappa shape index (κ1) is 11.4. The number of hydrogen-bond donors (Lipinski definition) is 0. The predicted molar refractivity (Wildman–Crippen MR) is 54.8 cm³/mol. The Balaban J connectivity index is 0.000000310. The molecule has 0 aliphatic rings. The molecule has 0 amide bonds. The van der Waals surface area contributed by atoms with Crippen molar-refractivity contribution in [2.24, 2.45) is 0 Å². The maximum atomic E-state index is 9.06. The lowest BCUT2D eigenvalue weighted by Crippen LogP contribution is -2.09. The molecule has 0 unspecified atom stereocenters. The van der Waals surface area contributed by atoms with Crippen LogP contribution < -0.4 is 4.90 Å². The monoisotopic (exact) mass is 178 g/mol. The number of hydrogen-bond acceptors (Lipinski definition) is 3. The third kappa shape index (κ3) is 5.61. The van der Waals surface area contributed by atoms with Gasteiger partial charge in [-0.3, -0.25) is 4.79 Å². The van der Waals surface area contributed by atoms with Crippen LogP contribution in [-0.2, 0) is 4.79 Å². The fourth-order valence-corrected chi connectivity index (χ4v) is 0.618. The second kappa shape index (κ2) is 7.03. The van der Waals surface area contributed by atoms with Crippen molar-refractivity contribution in [1.29, 1.82) is 0 Å². The van der Waals surface area contributed by atoms with E-state index in [1.165, 1.54) is 6.08 Å². The van der Waals surface area contributed by atoms with Gasteiger partial charge in [0.05, 0.1) is 0 Å². The average molecular weight is 178 g/mol. The Morgan fingerprint density at radius 2 is 2.08 bits per heavy atom. The van der Waals surface area contributed by atoms with Crippen molar-refractivity contribution in [3.63, 3.8) is 0 Å². The molecule has 1 rings (SSSR count). The van der Waals surface area contributed by atoms with Crippen LogP contribution in [0.15, 0.2) is 37.1 Å². The molecule has 3 heteroatoms. The number of nitrogens with zero attached hydrogens (tertiary/aromatic N) is 2. The van der Waals surface area contributed by atoms with Crippen LogP contribution in [0.4, 0.5) is 5.82 Å². The van der Waals surface area contributed by atoms with E-state index in [0.717, 1.165) is 5.82 Å². The Bertz CT molecular complexity index is 238. The Morgan fingerprint density at radius 3 is 2.31 bits per heavy atom. The molecular formula is C10H14N2O. The molecular weight excluding hydrogens is 164 g/mol. The summed E-state index contributed by atoms with van der Waals surface area (Å²) in [4.78, 5) is 15.1. The van der Waals surface area contributed by atoms with Crippen LogP contribution in [0.25, 0.3) is 0 Å². The summed E-state index contributed by atoms with van der Waals surface area (Å²) >= 11 is 0. The van der Waals surface area contributed by atoms with E-state index in [4.69, 9.17) is 4.79 Å². The van der Waals surface area contributed by atoms with E-state index in [0.29, 0.717) is 6.29 Å². The van der Waals surface area contributed by atoms with Gasteiger partial charge >= 0.3 is 0 Å². The van der Waals surface area contributed by atoms with Crippen LogP contribution in [-0.4, -0.2) is 25.4 Å². The van der Waals surface area contributed by atoms with E-state index in [1.54, 1.807) is 6.20 Å². The summed E-state index contributed by atoms with van der Waals surface area (Å²) < 4.78 is 0. The summed E-state index contributed by atoms with van der Waals surface area (Å²) in [6.45, 7) is 3.11. The van der Waals surface area contributed by atoms with Crippen LogP contribution in [0.2, 0.25) is 0 Å². The molecule has 1 aromatic rings. The summed E-state index contributed by atoms with van der Waals surface area (Å²) in [6, 6.07) is 5.86. The molecule has 0 aliphatic carbocycles.